The summed E-state index contributed by atoms with van der Waals surface area (Å²) in [6, 6.07) is 22.4. The normalized spacial score (nSPS) is 16.7. The zero-order valence-corrected chi connectivity index (χ0v) is 23.8. The lowest BCUT2D eigenvalue weighted by molar-refractivity contribution is -0.150. The number of fused-ring (bicyclic) bond motifs is 1. The van der Waals surface area contributed by atoms with Gasteiger partial charge in [-0.25, -0.2) is 4.79 Å². The van der Waals surface area contributed by atoms with Gasteiger partial charge in [-0.3, -0.25) is 19.2 Å². The second-order valence-corrected chi connectivity index (χ2v) is 10.1. The minimum Gasteiger partial charge on any atom is -0.466 e. The number of ether oxygens (including phenoxy) is 3. The molecule has 3 aromatic carbocycles. The van der Waals surface area contributed by atoms with E-state index in [9.17, 15) is 24.0 Å². The van der Waals surface area contributed by atoms with Gasteiger partial charge in [0.2, 0.25) is 5.91 Å². The number of hydrogen-bond acceptors (Lipinski definition) is 8. The average molecular weight is 588 g/mol. The summed E-state index contributed by atoms with van der Waals surface area (Å²) >= 11 is 0. The van der Waals surface area contributed by atoms with E-state index in [0.717, 1.165) is 11.1 Å². The number of para-hydroxylation sites is 2. The molecule has 0 radical (unpaired) electrons. The first-order chi connectivity index (χ1) is 20.7. The van der Waals surface area contributed by atoms with Crippen LogP contribution in [-0.2, 0) is 46.7 Å². The largest absolute Gasteiger partial charge is 0.466 e. The molecule has 0 bridgehead atoms. The highest BCUT2D eigenvalue weighted by Gasteiger charge is 2.48. The summed E-state index contributed by atoms with van der Waals surface area (Å²) in [5.41, 5.74) is 0.0202. The molecule has 1 aliphatic heterocycles. The van der Waals surface area contributed by atoms with Gasteiger partial charge in [0.1, 0.15) is 31.0 Å². The van der Waals surface area contributed by atoms with Crippen molar-refractivity contribution in [3.8, 4) is 5.75 Å². The Balaban J connectivity index is 1.37. The van der Waals surface area contributed by atoms with E-state index in [1.165, 1.54) is 13.8 Å². The standard InChI is InChI=1S/C32H33N3O8/c1-21(33-30(39)32(2)31(40)35-24-15-9-10-16-26(24)43-32)28(37)34-25(29(38)42-20-23-13-7-4-8-14-23)17-18-27(36)41-19-22-11-5-3-6-12-22/h3-16,21,25H,17-20H2,1-2H3,(H,33,39)(H,34,37)(H,35,40)/t21-,25+,32?/m0/s1. The van der Waals surface area contributed by atoms with Gasteiger partial charge in [0.05, 0.1) is 5.69 Å². The quantitative estimate of drug-likeness (QED) is 0.216. The van der Waals surface area contributed by atoms with E-state index in [0.29, 0.717) is 11.4 Å². The van der Waals surface area contributed by atoms with Crippen LogP contribution in [-0.4, -0.2) is 47.3 Å². The molecule has 3 atom stereocenters. The van der Waals surface area contributed by atoms with Gasteiger partial charge in [0.15, 0.2) is 0 Å². The van der Waals surface area contributed by atoms with Crippen molar-refractivity contribution >= 4 is 35.3 Å². The molecule has 1 unspecified atom stereocenters. The molecule has 0 saturated heterocycles. The van der Waals surface area contributed by atoms with Crippen molar-refractivity contribution in [3.05, 3.63) is 96.1 Å². The molecule has 3 amide bonds. The van der Waals surface area contributed by atoms with Gasteiger partial charge in [-0.2, -0.15) is 0 Å². The fourth-order valence-electron chi connectivity index (χ4n) is 4.16. The molecule has 224 valence electrons. The van der Waals surface area contributed by atoms with E-state index in [2.05, 4.69) is 16.0 Å². The van der Waals surface area contributed by atoms with Crippen LogP contribution in [0.1, 0.15) is 37.8 Å². The monoisotopic (exact) mass is 587 g/mol. The highest BCUT2D eigenvalue weighted by molar-refractivity contribution is 6.16. The van der Waals surface area contributed by atoms with Crippen LogP contribution in [0.2, 0.25) is 0 Å². The van der Waals surface area contributed by atoms with Gasteiger partial charge in [0, 0.05) is 6.42 Å². The van der Waals surface area contributed by atoms with Gasteiger partial charge in [-0.15, -0.1) is 0 Å². The minimum absolute atomic E-state index is 0.0386. The predicted octanol–water partition coefficient (Wildman–Crippen LogP) is 3.03. The van der Waals surface area contributed by atoms with Gasteiger partial charge in [-0.1, -0.05) is 72.8 Å². The molecule has 0 spiro atoms. The van der Waals surface area contributed by atoms with Crippen molar-refractivity contribution < 1.29 is 38.2 Å². The summed E-state index contributed by atoms with van der Waals surface area (Å²) in [6.07, 6.45) is -0.280. The van der Waals surface area contributed by atoms with Crippen molar-refractivity contribution in [2.45, 2.75) is 57.6 Å². The molecule has 1 aliphatic rings. The number of carbonyl (C=O) groups is 5. The van der Waals surface area contributed by atoms with E-state index in [1.54, 1.807) is 48.5 Å². The molecule has 43 heavy (non-hydrogen) atoms. The lowest BCUT2D eigenvalue weighted by Crippen LogP contribution is -2.62. The molecule has 0 saturated carbocycles. The van der Waals surface area contributed by atoms with Crippen molar-refractivity contribution in [3.63, 3.8) is 0 Å². The molecular formula is C32H33N3O8. The van der Waals surface area contributed by atoms with Crippen LogP contribution in [0.15, 0.2) is 84.9 Å². The minimum atomic E-state index is -1.95. The molecule has 4 rings (SSSR count). The third-order valence-electron chi connectivity index (χ3n) is 6.76. The summed E-state index contributed by atoms with van der Waals surface area (Å²) in [4.78, 5) is 64.3. The maximum absolute atomic E-state index is 13.1. The van der Waals surface area contributed by atoms with Crippen LogP contribution < -0.4 is 20.7 Å². The molecule has 11 heteroatoms. The van der Waals surface area contributed by atoms with Gasteiger partial charge < -0.3 is 30.2 Å². The molecule has 0 aromatic heterocycles. The van der Waals surface area contributed by atoms with Crippen molar-refractivity contribution in [1.82, 2.24) is 10.6 Å². The summed E-state index contributed by atoms with van der Waals surface area (Å²) in [5, 5.41) is 7.65. The zero-order chi connectivity index (χ0) is 30.8. The smallest absolute Gasteiger partial charge is 0.328 e. The van der Waals surface area contributed by atoms with E-state index in [4.69, 9.17) is 14.2 Å². The zero-order valence-electron chi connectivity index (χ0n) is 23.8. The Morgan fingerprint density at radius 2 is 1.42 bits per heavy atom. The third kappa shape index (κ3) is 8.19. The number of carbonyl (C=O) groups excluding carboxylic acids is 5. The van der Waals surface area contributed by atoms with Crippen LogP contribution in [0.25, 0.3) is 0 Å². The highest BCUT2D eigenvalue weighted by atomic mass is 16.5. The van der Waals surface area contributed by atoms with E-state index in [-0.39, 0.29) is 26.1 Å². The second-order valence-electron chi connectivity index (χ2n) is 10.1. The lowest BCUT2D eigenvalue weighted by atomic mass is 10.0. The number of esters is 2. The number of rotatable bonds is 12. The van der Waals surface area contributed by atoms with Crippen LogP contribution >= 0.6 is 0 Å². The van der Waals surface area contributed by atoms with Crippen LogP contribution in [0.3, 0.4) is 0 Å². The van der Waals surface area contributed by atoms with Gasteiger partial charge >= 0.3 is 11.9 Å². The number of anilines is 1. The third-order valence-corrected chi connectivity index (χ3v) is 6.76. The van der Waals surface area contributed by atoms with Crippen molar-refractivity contribution in [1.29, 1.82) is 0 Å². The maximum Gasteiger partial charge on any atom is 0.328 e. The first kappa shape index (κ1) is 30.8. The van der Waals surface area contributed by atoms with Crippen LogP contribution in [0.4, 0.5) is 5.69 Å². The lowest BCUT2D eigenvalue weighted by Gasteiger charge is -2.34. The van der Waals surface area contributed by atoms with E-state index < -0.39 is 47.3 Å². The number of amides is 3. The fourth-order valence-corrected chi connectivity index (χ4v) is 4.16. The average Bonchev–Trinajstić information content (AvgIpc) is 3.02. The molecule has 3 N–H and O–H groups in total. The van der Waals surface area contributed by atoms with Gasteiger partial charge in [-0.05, 0) is 43.5 Å². The molecule has 0 fully saturated rings. The molecular weight excluding hydrogens is 554 g/mol. The molecule has 1 heterocycles. The fraction of sp³-hybridized carbons (Fsp3) is 0.281. The predicted molar refractivity (Wildman–Crippen MR) is 155 cm³/mol. The Kier molecular flexibility index (Phi) is 10.1. The Morgan fingerprint density at radius 3 is 2.07 bits per heavy atom. The SMILES string of the molecule is C[C@H](NC(=O)C1(C)Oc2ccccc2NC1=O)C(=O)N[C@H](CCC(=O)OCc1ccccc1)C(=O)OCc1ccccc1. The number of hydrogen-bond donors (Lipinski definition) is 3. The number of benzene rings is 3. The second kappa shape index (κ2) is 14.1. The molecule has 11 nitrogen and oxygen atoms in total. The summed E-state index contributed by atoms with van der Waals surface area (Å²) in [6.45, 7) is 2.72. The first-order valence-corrected chi connectivity index (χ1v) is 13.8. The Labute approximate surface area is 248 Å². The van der Waals surface area contributed by atoms with Crippen LogP contribution in [0.5, 0.6) is 5.75 Å². The number of nitrogens with one attached hydrogen (secondary N) is 3. The topological polar surface area (TPSA) is 149 Å². The molecule has 0 aliphatic carbocycles. The van der Waals surface area contributed by atoms with Crippen molar-refractivity contribution in [2.24, 2.45) is 0 Å². The summed E-state index contributed by atoms with van der Waals surface area (Å²) in [7, 11) is 0. The molecule has 3 aromatic rings. The van der Waals surface area contributed by atoms with Crippen molar-refractivity contribution in [2.75, 3.05) is 5.32 Å². The Morgan fingerprint density at radius 1 is 0.837 bits per heavy atom. The Hall–Kier alpha value is -5.19. The van der Waals surface area contributed by atoms with E-state index in [1.807, 2.05) is 36.4 Å². The first-order valence-electron chi connectivity index (χ1n) is 13.8. The summed E-state index contributed by atoms with van der Waals surface area (Å²) in [5.74, 6) is -3.30. The Bertz CT molecular complexity index is 1460. The van der Waals surface area contributed by atoms with Gasteiger partial charge in [0.25, 0.3) is 17.4 Å². The van der Waals surface area contributed by atoms with E-state index >= 15 is 0 Å². The van der Waals surface area contributed by atoms with Crippen LogP contribution in [0, 0.1) is 0 Å². The maximum atomic E-state index is 13.1. The highest BCUT2D eigenvalue weighted by Crippen LogP contribution is 2.33. The summed E-state index contributed by atoms with van der Waals surface area (Å²) < 4.78 is 16.4.